The van der Waals surface area contributed by atoms with Crippen LogP contribution in [0, 0.1) is 6.92 Å². The molecule has 15 heteroatoms. The summed E-state index contributed by atoms with van der Waals surface area (Å²) in [5.41, 5.74) is -1.57. The number of anilines is 1. The Morgan fingerprint density at radius 1 is 1.26 bits per heavy atom. The molecule has 3 heterocycles. The molecule has 3 N–H and O–H groups in total. The molecule has 1 unspecified atom stereocenters. The van der Waals surface area contributed by atoms with Gasteiger partial charge in [-0.05, 0) is 53.2 Å². The van der Waals surface area contributed by atoms with Gasteiger partial charge >= 0.3 is 13.7 Å². The van der Waals surface area contributed by atoms with Crippen LogP contribution >= 0.6 is 7.75 Å². The van der Waals surface area contributed by atoms with Gasteiger partial charge in [0.25, 0.3) is 0 Å². The van der Waals surface area contributed by atoms with Crippen molar-refractivity contribution in [3.63, 3.8) is 0 Å². The van der Waals surface area contributed by atoms with Crippen molar-refractivity contribution in [2.24, 2.45) is 0 Å². The third-order valence-corrected chi connectivity index (χ3v) is 8.12. The van der Waals surface area contributed by atoms with Crippen molar-refractivity contribution in [1.82, 2.24) is 24.6 Å². The average Bonchev–Trinajstić information content (AvgIpc) is 3.43. The van der Waals surface area contributed by atoms with E-state index < -0.39 is 56.6 Å². The molecular formula is C27H38FN6O7P. The molecule has 0 saturated carbocycles. The highest BCUT2D eigenvalue weighted by molar-refractivity contribution is 7.52. The molecule has 13 nitrogen and oxygen atoms in total. The summed E-state index contributed by atoms with van der Waals surface area (Å²) in [6, 6.07) is 7.12. The van der Waals surface area contributed by atoms with E-state index in [-0.39, 0.29) is 5.75 Å². The second-order valence-corrected chi connectivity index (χ2v) is 12.2. The average molecular weight is 609 g/mol. The zero-order valence-corrected chi connectivity index (χ0v) is 25.4. The maximum atomic E-state index is 16.1. The first-order valence-corrected chi connectivity index (χ1v) is 15.3. The van der Waals surface area contributed by atoms with E-state index in [9.17, 15) is 14.5 Å². The number of nitrogens with one attached hydrogen (secondary N) is 2. The maximum absolute atomic E-state index is 16.1. The second kappa shape index (κ2) is 13.0. The number of halogens is 1. The Morgan fingerprint density at radius 3 is 2.64 bits per heavy atom. The van der Waals surface area contributed by atoms with Crippen molar-refractivity contribution in [1.29, 1.82) is 0 Å². The van der Waals surface area contributed by atoms with Crippen LogP contribution in [0.15, 0.2) is 36.7 Å². The molecule has 1 aliphatic heterocycles. The summed E-state index contributed by atoms with van der Waals surface area (Å²) in [5, 5.41) is 16.7. The van der Waals surface area contributed by atoms with Crippen LogP contribution in [0.1, 0.15) is 53.1 Å². The Hall–Kier alpha value is -3.16. The van der Waals surface area contributed by atoms with Gasteiger partial charge in [0, 0.05) is 6.54 Å². The smallest absolute Gasteiger partial charge is 0.459 e. The van der Waals surface area contributed by atoms with Crippen molar-refractivity contribution >= 4 is 30.7 Å². The van der Waals surface area contributed by atoms with Crippen LogP contribution < -0.4 is 14.9 Å². The molecule has 0 spiro atoms. The SMILES string of the molecule is CCCNc1nc(C)nc2c1ncn2[C@@H]1O[C@H](COP(=O)(N[C@@H](C)C(=O)OC(C)C)Oc2ccccc2)[C@@H](O)[C@@]1(C)F. The third kappa shape index (κ3) is 7.07. The van der Waals surface area contributed by atoms with Gasteiger partial charge in [0.1, 0.15) is 29.8 Å². The topological polar surface area (TPSA) is 159 Å². The molecule has 1 saturated heterocycles. The number of fused-ring (bicyclic) bond motifs is 1. The van der Waals surface area contributed by atoms with Crippen LogP contribution in [0.2, 0.25) is 0 Å². The molecule has 2 aromatic heterocycles. The molecule has 1 aliphatic rings. The fourth-order valence-corrected chi connectivity index (χ4v) is 5.92. The number of hydrogen-bond donors (Lipinski definition) is 3. The van der Waals surface area contributed by atoms with E-state index in [0.29, 0.717) is 29.4 Å². The van der Waals surface area contributed by atoms with Gasteiger partial charge in [-0.1, -0.05) is 25.1 Å². The monoisotopic (exact) mass is 608 g/mol. The number of nitrogens with zero attached hydrogens (tertiary/aromatic N) is 4. The number of carbonyl (C=O) groups excluding carboxylic acids is 1. The molecule has 1 aromatic carbocycles. The number of aliphatic hydroxyl groups excluding tert-OH is 1. The number of ether oxygens (including phenoxy) is 2. The first-order valence-electron chi connectivity index (χ1n) is 13.8. The number of alkyl halides is 1. The number of carbonyl (C=O) groups is 1. The molecular weight excluding hydrogens is 570 g/mol. The van der Waals surface area contributed by atoms with Crippen LogP contribution in [-0.2, 0) is 23.4 Å². The molecule has 6 atom stereocenters. The largest absolute Gasteiger partial charge is 0.462 e. The predicted octanol–water partition coefficient (Wildman–Crippen LogP) is 4.08. The molecule has 0 radical (unpaired) electrons. The standard InChI is InChI=1S/C27H38FN6O7P/c1-7-13-29-23-21-24(32-18(5)31-23)34(15-30-21)26-27(6,28)22(35)20(40-26)14-38-42(37,41-19-11-9-8-10-12-19)33-17(4)25(36)39-16(2)3/h8-12,15-17,20,22,26,35H,7,13-14H2,1-6H3,(H,33,37)(H,29,31,32)/t17-,20+,22+,26+,27+,42?/m0/s1. The highest BCUT2D eigenvalue weighted by Crippen LogP contribution is 2.48. The molecule has 3 aromatic rings. The summed E-state index contributed by atoms with van der Waals surface area (Å²) in [7, 11) is -4.27. The van der Waals surface area contributed by atoms with E-state index in [2.05, 4.69) is 25.4 Å². The summed E-state index contributed by atoms with van der Waals surface area (Å²) in [6.45, 7) is 9.85. The van der Waals surface area contributed by atoms with Crippen molar-refractivity contribution in [2.45, 2.75) is 84.2 Å². The highest BCUT2D eigenvalue weighted by atomic mass is 31.2. The lowest BCUT2D eigenvalue weighted by molar-refractivity contribution is -0.149. The predicted molar refractivity (Wildman–Crippen MR) is 153 cm³/mol. The normalized spacial score (nSPS) is 24.5. The van der Waals surface area contributed by atoms with E-state index in [4.69, 9.17) is 18.5 Å². The number of aromatic nitrogens is 4. The number of aryl methyl sites for hydroxylation is 1. The first kappa shape index (κ1) is 31.8. The van der Waals surface area contributed by atoms with Crippen LogP contribution in [0.25, 0.3) is 11.2 Å². The molecule has 230 valence electrons. The van der Waals surface area contributed by atoms with Crippen LogP contribution in [0.4, 0.5) is 10.2 Å². The number of para-hydroxylation sites is 1. The Kier molecular flexibility index (Phi) is 9.84. The van der Waals surface area contributed by atoms with Gasteiger partial charge in [-0.2, -0.15) is 5.09 Å². The fourth-order valence-electron chi connectivity index (χ4n) is 4.42. The molecule has 42 heavy (non-hydrogen) atoms. The van der Waals surface area contributed by atoms with Crippen LogP contribution in [-0.4, -0.2) is 73.8 Å². The Morgan fingerprint density at radius 2 is 1.98 bits per heavy atom. The van der Waals surface area contributed by atoms with E-state index >= 15 is 4.39 Å². The summed E-state index contributed by atoms with van der Waals surface area (Å²) in [5.74, 6) is 0.478. The number of imidazole rings is 1. The van der Waals surface area contributed by atoms with Crippen molar-refractivity contribution in [3.05, 3.63) is 42.5 Å². The molecule has 4 rings (SSSR count). The minimum Gasteiger partial charge on any atom is -0.462 e. The van der Waals surface area contributed by atoms with Gasteiger partial charge in [0.15, 0.2) is 28.9 Å². The van der Waals surface area contributed by atoms with E-state index in [1.54, 1.807) is 51.1 Å². The van der Waals surface area contributed by atoms with Gasteiger partial charge in [-0.25, -0.2) is 23.9 Å². The lowest BCUT2D eigenvalue weighted by Gasteiger charge is -2.25. The number of rotatable bonds is 13. The van der Waals surface area contributed by atoms with Crippen molar-refractivity contribution < 1.29 is 37.4 Å². The van der Waals surface area contributed by atoms with Gasteiger partial charge in [-0.15, -0.1) is 0 Å². The van der Waals surface area contributed by atoms with E-state index in [1.807, 2.05) is 6.92 Å². The van der Waals surface area contributed by atoms with Crippen LogP contribution in [0.5, 0.6) is 5.75 Å². The quantitative estimate of drug-likeness (QED) is 0.189. The summed E-state index contributed by atoms with van der Waals surface area (Å²) < 4.78 is 53.7. The van der Waals surface area contributed by atoms with Gasteiger partial charge < -0.3 is 24.4 Å². The Bertz CT molecular complexity index is 1420. The van der Waals surface area contributed by atoms with Crippen LogP contribution in [0.3, 0.4) is 0 Å². The lowest BCUT2D eigenvalue weighted by atomic mass is 9.98. The zero-order valence-electron chi connectivity index (χ0n) is 24.5. The summed E-state index contributed by atoms with van der Waals surface area (Å²) >= 11 is 0. The number of benzene rings is 1. The molecule has 1 fully saturated rings. The van der Waals surface area contributed by atoms with E-state index in [1.165, 1.54) is 24.7 Å². The van der Waals surface area contributed by atoms with Crippen molar-refractivity contribution in [2.75, 3.05) is 18.5 Å². The zero-order chi connectivity index (χ0) is 30.7. The maximum Gasteiger partial charge on any atom is 0.459 e. The minimum atomic E-state index is -4.27. The lowest BCUT2D eigenvalue weighted by Crippen LogP contribution is -2.41. The highest BCUT2D eigenvalue weighted by Gasteiger charge is 2.56. The molecule has 0 amide bonds. The van der Waals surface area contributed by atoms with Gasteiger partial charge in [-0.3, -0.25) is 13.9 Å². The molecule has 0 aliphatic carbocycles. The fraction of sp³-hybridized carbons (Fsp3) is 0.556. The summed E-state index contributed by atoms with van der Waals surface area (Å²) in [4.78, 5) is 25.6. The Balaban J connectivity index is 1.56. The number of aliphatic hydroxyl groups is 1. The van der Waals surface area contributed by atoms with Gasteiger partial charge in [0.2, 0.25) is 0 Å². The number of hydrogen-bond acceptors (Lipinski definition) is 11. The Labute approximate surface area is 243 Å². The van der Waals surface area contributed by atoms with Crippen molar-refractivity contribution in [3.8, 4) is 5.75 Å². The van der Waals surface area contributed by atoms with E-state index in [0.717, 1.165) is 6.42 Å². The molecule has 0 bridgehead atoms. The third-order valence-electron chi connectivity index (χ3n) is 6.48. The minimum absolute atomic E-state index is 0.200. The first-order chi connectivity index (χ1) is 19.8. The second-order valence-electron chi connectivity index (χ2n) is 10.5. The number of esters is 1. The summed E-state index contributed by atoms with van der Waals surface area (Å²) in [6.07, 6.45) is -2.46. The van der Waals surface area contributed by atoms with Gasteiger partial charge in [0.05, 0.1) is 19.0 Å².